The van der Waals surface area contributed by atoms with Gasteiger partial charge in [0.05, 0.1) is 0 Å². The minimum atomic E-state index is -0.109. The molecule has 1 saturated heterocycles. The Balaban J connectivity index is 1.17. The Labute approximate surface area is 204 Å². The van der Waals surface area contributed by atoms with E-state index in [2.05, 4.69) is 15.5 Å². The van der Waals surface area contributed by atoms with Crippen molar-refractivity contribution in [2.45, 2.75) is 26.3 Å². The molecular weight excluding hydrogens is 438 g/mol. The lowest BCUT2D eigenvalue weighted by atomic mass is 9.94. The summed E-state index contributed by atoms with van der Waals surface area (Å²) in [7, 11) is 0. The van der Waals surface area contributed by atoms with Crippen molar-refractivity contribution < 1.29 is 9.32 Å². The second-order valence-corrected chi connectivity index (χ2v) is 8.90. The molecule has 1 aliphatic rings. The first-order chi connectivity index (χ1) is 17.0. The third-order valence-corrected chi connectivity index (χ3v) is 6.29. The molecule has 2 heterocycles. The zero-order valence-electron chi connectivity index (χ0n) is 19.6. The number of hydrogen-bond donors (Lipinski definition) is 2. The van der Waals surface area contributed by atoms with Gasteiger partial charge in [-0.05, 0) is 43.2 Å². The van der Waals surface area contributed by atoms with Crippen LogP contribution < -0.4 is 5.32 Å². The van der Waals surface area contributed by atoms with E-state index in [-0.39, 0.29) is 11.8 Å². The van der Waals surface area contributed by atoms with Gasteiger partial charge in [0.1, 0.15) is 5.84 Å². The van der Waals surface area contributed by atoms with Gasteiger partial charge in [0.2, 0.25) is 11.7 Å². The van der Waals surface area contributed by atoms with Crippen molar-refractivity contribution in [2.24, 2.45) is 5.92 Å². The number of amidine groups is 1. The third-order valence-electron chi connectivity index (χ3n) is 6.29. The summed E-state index contributed by atoms with van der Waals surface area (Å²) in [4.78, 5) is 19.1. The SMILES string of the molecule is Cc1ccc(-c2noc(-c3ccc(NC(=N)C4CCN(Cc5ccccc5)C(=O)C4)cc3)n2)cc1. The molecule has 5 rings (SSSR count). The van der Waals surface area contributed by atoms with Crippen molar-refractivity contribution in [3.63, 3.8) is 0 Å². The van der Waals surface area contributed by atoms with Crippen molar-refractivity contribution in [1.82, 2.24) is 15.0 Å². The molecule has 0 aliphatic carbocycles. The van der Waals surface area contributed by atoms with Gasteiger partial charge in [0.15, 0.2) is 0 Å². The molecule has 35 heavy (non-hydrogen) atoms. The summed E-state index contributed by atoms with van der Waals surface area (Å²) in [5.41, 5.74) is 4.79. The molecule has 7 heteroatoms. The van der Waals surface area contributed by atoms with Crippen molar-refractivity contribution in [1.29, 1.82) is 5.41 Å². The van der Waals surface area contributed by atoms with E-state index in [1.807, 2.05) is 90.7 Å². The quantitative estimate of drug-likeness (QED) is 0.288. The van der Waals surface area contributed by atoms with Crippen LogP contribution in [-0.2, 0) is 11.3 Å². The average molecular weight is 466 g/mol. The van der Waals surface area contributed by atoms with E-state index in [0.717, 1.165) is 28.8 Å². The van der Waals surface area contributed by atoms with Crippen molar-refractivity contribution in [2.75, 3.05) is 11.9 Å². The summed E-state index contributed by atoms with van der Waals surface area (Å²) in [5, 5.41) is 15.8. The highest BCUT2D eigenvalue weighted by molar-refractivity contribution is 5.97. The van der Waals surface area contributed by atoms with Crippen molar-refractivity contribution >= 4 is 17.4 Å². The van der Waals surface area contributed by atoms with Crippen LogP contribution in [0.5, 0.6) is 0 Å². The number of aryl methyl sites for hydroxylation is 1. The first-order valence-electron chi connectivity index (χ1n) is 11.7. The summed E-state index contributed by atoms with van der Waals surface area (Å²) in [6, 6.07) is 25.5. The van der Waals surface area contributed by atoms with Crippen LogP contribution >= 0.6 is 0 Å². The minimum absolute atomic E-state index is 0.0905. The van der Waals surface area contributed by atoms with Crippen LogP contribution in [0.3, 0.4) is 0 Å². The number of rotatable bonds is 6. The summed E-state index contributed by atoms with van der Waals surface area (Å²) < 4.78 is 5.45. The molecular formula is C28H27N5O2. The normalized spacial score (nSPS) is 15.7. The van der Waals surface area contributed by atoms with Crippen LogP contribution in [-0.4, -0.2) is 33.3 Å². The highest BCUT2D eigenvalue weighted by atomic mass is 16.5. The molecule has 4 aromatic rings. The molecule has 1 atom stereocenters. The summed E-state index contributed by atoms with van der Waals surface area (Å²) in [6.07, 6.45) is 1.12. The van der Waals surface area contributed by atoms with Gasteiger partial charge in [-0.25, -0.2) is 0 Å². The van der Waals surface area contributed by atoms with Crippen LogP contribution in [0, 0.1) is 18.3 Å². The monoisotopic (exact) mass is 465 g/mol. The Morgan fingerprint density at radius 1 is 1.03 bits per heavy atom. The van der Waals surface area contributed by atoms with E-state index < -0.39 is 0 Å². The zero-order chi connectivity index (χ0) is 24.2. The number of anilines is 1. The fourth-order valence-corrected chi connectivity index (χ4v) is 4.21. The lowest BCUT2D eigenvalue weighted by molar-refractivity contribution is -0.134. The number of amides is 1. The number of carbonyl (C=O) groups excluding carboxylic acids is 1. The number of nitrogens with zero attached hydrogens (tertiary/aromatic N) is 3. The number of benzene rings is 3. The molecule has 1 fully saturated rings. The van der Waals surface area contributed by atoms with Gasteiger partial charge in [0.25, 0.3) is 5.89 Å². The summed E-state index contributed by atoms with van der Waals surface area (Å²) >= 11 is 0. The standard InChI is InChI=1S/C28H27N5O2/c1-19-7-9-21(10-8-19)27-31-28(35-32-27)22-11-13-24(14-12-22)30-26(29)23-15-16-33(25(34)17-23)18-20-5-3-2-4-6-20/h2-14,23H,15-18H2,1H3,(H2,29,30). The minimum Gasteiger partial charge on any atom is -0.344 e. The molecule has 3 aromatic carbocycles. The molecule has 1 aliphatic heterocycles. The number of aromatic nitrogens is 2. The van der Waals surface area contributed by atoms with Crippen molar-refractivity contribution in [3.05, 3.63) is 90.0 Å². The molecule has 7 nitrogen and oxygen atoms in total. The predicted molar refractivity (Wildman–Crippen MR) is 136 cm³/mol. The largest absolute Gasteiger partial charge is 0.344 e. The first-order valence-corrected chi connectivity index (χ1v) is 11.7. The number of nitrogens with one attached hydrogen (secondary N) is 2. The first kappa shape index (κ1) is 22.5. The fraction of sp³-hybridized carbons (Fsp3) is 0.214. The van der Waals surface area contributed by atoms with E-state index >= 15 is 0 Å². The summed E-state index contributed by atoms with van der Waals surface area (Å²) in [6.45, 7) is 3.31. The summed E-state index contributed by atoms with van der Waals surface area (Å²) in [5.74, 6) is 1.34. The van der Waals surface area contributed by atoms with Gasteiger partial charge in [-0.2, -0.15) is 4.98 Å². The Bertz CT molecular complexity index is 1310. The molecule has 0 radical (unpaired) electrons. The van der Waals surface area contributed by atoms with Crippen LogP contribution in [0.2, 0.25) is 0 Å². The Morgan fingerprint density at radius 3 is 2.46 bits per heavy atom. The maximum absolute atomic E-state index is 12.7. The van der Waals surface area contributed by atoms with Crippen molar-refractivity contribution in [3.8, 4) is 22.8 Å². The number of hydrogen-bond acceptors (Lipinski definition) is 5. The zero-order valence-corrected chi connectivity index (χ0v) is 19.6. The molecule has 2 N–H and O–H groups in total. The second-order valence-electron chi connectivity index (χ2n) is 8.90. The Kier molecular flexibility index (Phi) is 6.39. The number of piperidine rings is 1. The topological polar surface area (TPSA) is 95.1 Å². The van der Waals surface area contributed by atoms with E-state index in [1.54, 1.807) is 0 Å². The van der Waals surface area contributed by atoms with E-state index in [4.69, 9.17) is 9.93 Å². The van der Waals surface area contributed by atoms with E-state index in [1.165, 1.54) is 5.56 Å². The van der Waals surface area contributed by atoms with E-state index in [0.29, 0.717) is 37.1 Å². The second kappa shape index (κ2) is 9.93. The number of likely N-dealkylation sites (tertiary alicyclic amines) is 1. The van der Waals surface area contributed by atoms with Gasteiger partial charge in [-0.1, -0.05) is 65.3 Å². The van der Waals surface area contributed by atoms with Crippen LogP contribution in [0.4, 0.5) is 5.69 Å². The Morgan fingerprint density at radius 2 is 1.74 bits per heavy atom. The molecule has 1 aromatic heterocycles. The van der Waals surface area contributed by atoms with Gasteiger partial charge in [0, 0.05) is 42.2 Å². The maximum atomic E-state index is 12.7. The fourth-order valence-electron chi connectivity index (χ4n) is 4.21. The van der Waals surface area contributed by atoms with Crippen LogP contribution in [0.15, 0.2) is 83.4 Å². The lowest BCUT2D eigenvalue weighted by Crippen LogP contribution is -2.41. The van der Waals surface area contributed by atoms with Gasteiger partial charge >= 0.3 is 0 Å². The molecule has 0 saturated carbocycles. The van der Waals surface area contributed by atoms with Crippen LogP contribution in [0.1, 0.15) is 24.0 Å². The highest BCUT2D eigenvalue weighted by Crippen LogP contribution is 2.25. The van der Waals surface area contributed by atoms with Gasteiger partial charge < -0.3 is 14.7 Å². The Hall–Kier alpha value is -4.26. The lowest BCUT2D eigenvalue weighted by Gasteiger charge is -2.32. The smallest absolute Gasteiger partial charge is 0.258 e. The molecule has 176 valence electrons. The molecule has 0 spiro atoms. The predicted octanol–water partition coefficient (Wildman–Crippen LogP) is 5.54. The number of carbonyl (C=O) groups is 1. The average Bonchev–Trinajstić information content (AvgIpc) is 3.37. The van der Waals surface area contributed by atoms with E-state index in [9.17, 15) is 4.79 Å². The van der Waals surface area contributed by atoms with Gasteiger partial charge in [-0.3, -0.25) is 10.2 Å². The maximum Gasteiger partial charge on any atom is 0.258 e. The molecule has 0 bridgehead atoms. The molecule has 1 amide bonds. The molecule has 1 unspecified atom stereocenters. The van der Waals surface area contributed by atoms with Crippen LogP contribution in [0.25, 0.3) is 22.8 Å². The van der Waals surface area contributed by atoms with Gasteiger partial charge in [-0.15, -0.1) is 0 Å². The third kappa shape index (κ3) is 5.30. The highest BCUT2D eigenvalue weighted by Gasteiger charge is 2.28.